The molecule has 0 saturated carbocycles. The van der Waals surface area contributed by atoms with Crippen molar-refractivity contribution in [2.24, 2.45) is 0 Å². The number of carbonyl (C=O) groups is 2. The van der Waals surface area contributed by atoms with Gasteiger partial charge in [0.25, 0.3) is 0 Å². The number of halogens is 3. The Balaban J connectivity index is 1.82. The van der Waals surface area contributed by atoms with Gasteiger partial charge in [-0.15, -0.1) is 11.3 Å². The fourth-order valence-corrected chi connectivity index (χ4v) is 2.83. The Hall–Kier alpha value is -2.15. The van der Waals surface area contributed by atoms with E-state index >= 15 is 0 Å². The number of alkyl halides is 3. The van der Waals surface area contributed by atoms with Crippen LogP contribution >= 0.6 is 11.3 Å². The summed E-state index contributed by atoms with van der Waals surface area (Å²) < 4.78 is 42.7. The molecule has 128 valence electrons. The highest BCUT2D eigenvalue weighted by atomic mass is 32.1. The number of benzene rings is 1. The maximum Gasteiger partial charge on any atom is 0.416 e. The van der Waals surface area contributed by atoms with Crippen molar-refractivity contribution in [3.63, 3.8) is 0 Å². The molecule has 0 aliphatic heterocycles. The molecule has 24 heavy (non-hydrogen) atoms. The van der Waals surface area contributed by atoms with Crippen molar-refractivity contribution in [1.82, 2.24) is 0 Å². The lowest BCUT2D eigenvalue weighted by Gasteiger charge is -2.09. The Morgan fingerprint density at radius 1 is 1.12 bits per heavy atom. The van der Waals surface area contributed by atoms with Gasteiger partial charge in [-0.05, 0) is 36.8 Å². The predicted octanol–water partition coefficient (Wildman–Crippen LogP) is 4.78. The minimum atomic E-state index is -4.44. The predicted molar refractivity (Wildman–Crippen MR) is 83.9 cm³/mol. The summed E-state index contributed by atoms with van der Waals surface area (Å²) >= 11 is 1.35. The summed E-state index contributed by atoms with van der Waals surface area (Å²) in [4.78, 5) is 25.1. The van der Waals surface area contributed by atoms with E-state index in [1.807, 2.05) is 13.0 Å². The summed E-state index contributed by atoms with van der Waals surface area (Å²) in [5.74, 6) is -0.766. The third-order valence-electron chi connectivity index (χ3n) is 3.23. The molecule has 7 heteroatoms. The molecule has 1 aromatic heterocycles. The third kappa shape index (κ3) is 5.19. The molecule has 0 N–H and O–H groups in total. The second-order valence-electron chi connectivity index (χ2n) is 5.19. The highest BCUT2D eigenvalue weighted by molar-refractivity contribution is 7.14. The Bertz CT molecular complexity index is 735. The highest BCUT2D eigenvalue weighted by Crippen LogP contribution is 2.29. The van der Waals surface area contributed by atoms with Crippen molar-refractivity contribution in [2.75, 3.05) is 0 Å². The molecule has 0 bridgehead atoms. The molecule has 0 spiro atoms. The normalized spacial score (nSPS) is 11.3. The van der Waals surface area contributed by atoms with Gasteiger partial charge in [0.05, 0.1) is 16.9 Å². The maximum absolute atomic E-state index is 12.6. The van der Waals surface area contributed by atoms with Crippen LogP contribution in [0, 0.1) is 6.92 Å². The van der Waals surface area contributed by atoms with Crippen LogP contribution in [0.25, 0.3) is 0 Å². The zero-order chi connectivity index (χ0) is 17.7. The number of ether oxygens (including phenoxy) is 1. The summed E-state index contributed by atoms with van der Waals surface area (Å²) in [5, 5.41) is 0. The minimum Gasteiger partial charge on any atom is -0.461 e. The van der Waals surface area contributed by atoms with Gasteiger partial charge in [-0.2, -0.15) is 13.2 Å². The van der Waals surface area contributed by atoms with Gasteiger partial charge in [0, 0.05) is 11.3 Å². The van der Waals surface area contributed by atoms with Crippen LogP contribution < -0.4 is 0 Å². The van der Waals surface area contributed by atoms with Crippen molar-refractivity contribution in [1.29, 1.82) is 0 Å². The van der Waals surface area contributed by atoms with E-state index in [2.05, 4.69) is 0 Å². The van der Waals surface area contributed by atoms with Crippen LogP contribution in [0.4, 0.5) is 13.2 Å². The molecule has 0 aliphatic carbocycles. The number of carbonyl (C=O) groups excluding carboxylic acids is 2. The molecule has 0 radical (unpaired) electrons. The number of esters is 1. The molecular formula is C17H15F3O3S. The molecular weight excluding hydrogens is 341 g/mol. The number of thiophene rings is 1. The van der Waals surface area contributed by atoms with Crippen molar-refractivity contribution >= 4 is 23.1 Å². The fraction of sp³-hybridized carbons (Fsp3) is 0.294. The van der Waals surface area contributed by atoms with E-state index in [1.165, 1.54) is 23.5 Å². The van der Waals surface area contributed by atoms with Crippen LogP contribution in [0.1, 0.15) is 38.5 Å². The first-order chi connectivity index (χ1) is 11.3. The molecule has 2 aromatic rings. The number of hydrogen-bond acceptors (Lipinski definition) is 4. The van der Waals surface area contributed by atoms with Crippen molar-refractivity contribution in [2.45, 2.75) is 32.5 Å². The van der Waals surface area contributed by atoms with Gasteiger partial charge in [-0.25, -0.2) is 0 Å². The standard InChI is InChI=1S/C17H15F3O3S/c1-11-5-7-15(24-11)14(21)6-8-16(22)23-10-12-3-2-4-13(9-12)17(18,19)20/h2-5,7,9H,6,8,10H2,1H3. The first-order valence-corrected chi connectivity index (χ1v) is 7.99. The van der Waals surface area contributed by atoms with E-state index in [0.717, 1.165) is 17.0 Å². The molecule has 0 fully saturated rings. The fourth-order valence-electron chi connectivity index (χ4n) is 2.00. The molecule has 0 unspecified atom stereocenters. The van der Waals surface area contributed by atoms with Gasteiger partial charge < -0.3 is 4.74 Å². The highest BCUT2D eigenvalue weighted by Gasteiger charge is 2.30. The van der Waals surface area contributed by atoms with Crippen LogP contribution in [-0.4, -0.2) is 11.8 Å². The molecule has 1 heterocycles. The first kappa shape index (κ1) is 18.2. The van der Waals surface area contributed by atoms with Crippen molar-refractivity contribution < 1.29 is 27.5 Å². The van der Waals surface area contributed by atoms with Gasteiger partial charge >= 0.3 is 12.1 Å². The topological polar surface area (TPSA) is 43.4 Å². The molecule has 0 amide bonds. The van der Waals surface area contributed by atoms with Crippen LogP contribution in [-0.2, 0) is 22.3 Å². The van der Waals surface area contributed by atoms with Gasteiger partial charge in [-0.3, -0.25) is 9.59 Å². The molecule has 3 nitrogen and oxygen atoms in total. The van der Waals surface area contributed by atoms with E-state index < -0.39 is 17.7 Å². The number of hydrogen-bond donors (Lipinski definition) is 0. The number of Topliss-reactive ketones (excluding diaryl/α,β-unsaturated/α-hetero) is 1. The smallest absolute Gasteiger partial charge is 0.416 e. The second kappa shape index (κ2) is 7.61. The largest absolute Gasteiger partial charge is 0.461 e. The average Bonchev–Trinajstić information content (AvgIpc) is 2.96. The summed E-state index contributed by atoms with van der Waals surface area (Å²) in [5.41, 5.74) is -0.544. The van der Waals surface area contributed by atoms with Crippen LogP contribution in [0.3, 0.4) is 0 Å². The summed E-state index contributed by atoms with van der Waals surface area (Å²) in [6.45, 7) is 1.62. The molecule has 0 saturated heterocycles. The van der Waals surface area contributed by atoms with Crippen LogP contribution in [0.2, 0.25) is 0 Å². The van der Waals surface area contributed by atoms with Crippen LogP contribution in [0.15, 0.2) is 36.4 Å². The van der Waals surface area contributed by atoms with E-state index in [1.54, 1.807) is 6.07 Å². The Kier molecular flexibility index (Phi) is 5.77. The van der Waals surface area contributed by atoms with Crippen molar-refractivity contribution in [3.8, 4) is 0 Å². The number of rotatable bonds is 6. The lowest BCUT2D eigenvalue weighted by molar-refractivity contribution is -0.144. The lowest BCUT2D eigenvalue weighted by atomic mass is 10.1. The summed E-state index contributed by atoms with van der Waals surface area (Å²) in [7, 11) is 0. The number of aryl methyl sites for hydroxylation is 1. The Labute approximate surface area is 141 Å². The quantitative estimate of drug-likeness (QED) is 0.552. The third-order valence-corrected chi connectivity index (χ3v) is 4.27. The first-order valence-electron chi connectivity index (χ1n) is 7.17. The van der Waals surface area contributed by atoms with Crippen molar-refractivity contribution in [3.05, 3.63) is 57.3 Å². The van der Waals surface area contributed by atoms with Crippen LogP contribution in [0.5, 0.6) is 0 Å². The molecule has 0 aliphatic rings. The Morgan fingerprint density at radius 2 is 1.88 bits per heavy atom. The zero-order valence-corrected chi connectivity index (χ0v) is 13.7. The Morgan fingerprint density at radius 3 is 2.50 bits per heavy atom. The van der Waals surface area contributed by atoms with Gasteiger partial charge in [0.15, 0.2) is 5.78 Å². The molecule has 1 aromatic carbocycles. The molecule has 0 atom stereocenters. The summed E-state index contributed by atoms with van der Waals surface area (Å²) in [6.07, 6.45) is -4.53. The van der Waals surface area contributed by atoms with E-state index in [-0.39, 0.29) is 30.8 Å². The van der Waals surface area contributed by atoms with Gasteiger partial charge in [0.1, 0.15) is 6.61 Å². The summed E-state index contributed by atoms with van der Waals surface area (Å²) in [6, 6.07) is 8.12. The second-order valence-corrected chi connectivity index (χ2v) is 6.48. The minimum absolute atomic E-state index is 0.0153. The monoisotopic (exact) mass is 356 g/mol. The lowest BCUT2D eigenvalue weighted by Crippen LogP contribution is -2.09. The van der Waals surface area contributed by atoms with E-state index in [4.69, 9.17) is 4.74 Å². The number of ketones is 1. The molecule has 2 rings (SSSR count). The zero-order valence-electron chi connectivity index (χ0n) is 12.9. The van der Waals surface area contributed by atoms with E-state index in [9.17, 15) is 22.8 Å². The maximum atomic E-state index is 12.6. The van der Waals surface area contributed by atoms with Gasteiger partial charge in [-0.1, -0.05) is 12.1 Å². The van der Waals surface area contributed by atoms with E-state index in [0.29, 0.717) is 4.88 Å². The average molecular weight is 356 g/mol. The van der Waals surface area contributed by atoms with Gasteiger partial charge in [0.2, 0.25) is 0 Å². The SMILES string of the molecule is Cc1ccc(C(=O)CCC(=O)OCc2cccc(C(F)(F)F)c2)s1.